The van der Waals surface area contributed by atoms with Crippen LogP contribution in [-0.4, -0.2) is 34.7 Å². The van der Waals surface area contributed by atoms with E-state index in [1.807, 2.05) is 13.8 Å². The fourth-order valence-corrected chi connectivity index (χ4v) is 1.88. The highest BCUT2D eigenvalue weighted by Crippen LogP contribution is 2.20. The number of aromatic nitrogens is 1. The van der Waals surface area contributed by atoms with Crippen LogP contribution in [0.4, 0.5) is 4.39 Å². The van der Waals surface area contributed by atoms with Gasteiger partial charge in [0.25, 0.3) is 5.91 Å². The first-order chi connectivity index (χ1) is 7.95. The summed E-state index contributed by atoms with van der Waals surface area (Å²) in [5, 5.41) is 11.5. The second-order valence-corrected chi connectivity index (χ2v) is 4.80. The van der Waals surface area contributed by atoms with E-state index in [-0.39, 0.29) is 10.8 Å². The lowest BCUT2D eigenvalue weighted by Gasteiger charge is -2.08. The topological polar surface area (TPSA) is 79.3 Å². The molecular formula is C10H13FN2O3S. The quantitative estimate of drug-likeness (QED) is 0.839. The molecule has 7 heteroatoms. The second-order valence-electron chi connectivity index (χ2n) is 3.74. The Balaban J connectivity index is 2.72. The van der Waals surface area contributed by atoms with E-state index < -0.39 is 24.6 Å². The fraction of sp³-hybridized carbons (Fsp3) is 0.500. The summed E-state index contributed by atoms with van der Waals surface area (Å²) in [6.07, 6.45) is 1.37. The van der Waals surface area contributed by atoms with Crippen molar-refractivity contribution in [2.75, 3.05) is 6.67 Å². The fourth-order valence-electron chi connectivity index (χ4n) is 1.06. The van der Waals surface area contributed by atoms with Crippen molar-refractivity contribution >= 4 is 23.2 Å². The van der Waals surface area contributed by atoms with Crippen LogP contribution in [0.25, 0.3) is 0 Å². The van der Waals surface area contributed by atoms with Crippen LogP contribution in [0.3, 0.4) is 0 Å². The lowest BCUT2D eigenvalue weighted by atomic mass is 10.2. The zero-order chi connectivity index (χ0) is 13.0. The van der Waals surface area contributed by atoms with Gasteiger partial charge in [0, 0.05) is 5.92 Å². The van der Waals surface area contributed by atoms with E-state index in [2.05, 4.69) is 10.3 Å². The average Bonchev–Trinajstić information content (AvgIpc) is 2.74. The SMILES string of the molecule is CC(C)c1ncc(C(=O)NC(CF)C(=O)O)s1. The molecule has 0 bridgehead atoms. The minimum absolute atomic E-state index is 0.193. The molecule has 0 radical (unpaired) electrons. The number of carboxylic acids is 1. The highest BCUT2D eigenvalue weighted by Gasteiger charge is 2.21. The highest BCUT2D eigenvalue weighted by atomic mass is 32.1. The summed E-state index contributed by atoms with van der Waals surface area (Å²) in [6.45, 7) is 2.72. The van der Waals surface area contributed by atoms with E-state index in [0.29, 0.717) is 0 Å². The standard InChI is InChI=1S/C10H13FN2O3S/c1-5(2)9-12-4-7(17-9)8(14)13-6(3-11)10(15)16/h4-6H,3H2,1-2H3,(H,13,14)(H,15,16). The Morgan fingerprint density at radius 3 is 2.65 bits per heavy atom. The van der Waals surface area contributed by atoms with Gasteiger partial charge in [0.1, 0.15) is 11.6 Å². The minimum atomic E-state index is -1.51. The van der Waals surface area contributed by atoms with Crippen LogP contribution in [0, 0.1) is 0 Å². The molecule has 0 aliphatic rings. The lowest BCUT2D eigenvalue weighted by molar-refractivity contribution is -0.139. The molecule has 1 rings (SSSR count). The van der Waals surface area contributed by atoms with Crippen LogP contribution in [0.5, 0.6) is 0 Å². The molecule has 1 amide bonds. The van der Waals surface area contributed by atoms with Crippen LogP contribution >= 0.6 is 11.3 Å². The van der Waals surface area contributed by atoms with Gasteiger partial charge in [-0.05, 0) is 0 Å². The van der Waals surface area contributed by atoms with Gasteiger partial charge in [0.2, 0.25) is 0 Å². The summed E-state index contributed by atoms with van der Waals surface area (Å²) in [6, 6.07) is -1.51. The van der Waals surface area contributed by atoms with Crippen molar-refractivity contribution in [3.05, 3.63) is 16.1 Å². The molecule has 5 nitrogen and oxygen atoms in total. The third-order valence-electron chi connectivity index (χ3n) is 2.00. The Hall–Kier alpha value is -1.50. The van der Waals surface area contributed by atoms with Crippen LogP contribution in [-0.2, 0) is 4.79 Å². The summed E-state index contributed by atoms with van der Waals surface area (Å²) in [7, 11) is 0. The van der Waals surface area contributed by atoms with Gasteiger partial charge in [-0.15, -0.1) is 11.3 Å². The van der Waals surface area contributed by atoms with Crippen LogP contribution in [0.15, 0.2) is 6.20 Å². The first kappa shape index (κ1) is 13.6. The van der Waals surface area contributed by atoms with Crippen LogP contribution in [0.2, 0.25) is 0 Å². The van der Waals surface area contributed by atoms with Crippen molar-refractivity contribution in [1.82, 2.24) is 10.3 Å². The molecule has 0 aromatic carbocycles. The number of rotatable bonds is 5. The monoisotopic (exact) mass is 260 g/mol. The average molecular weight is 260 g/mol. The molecule has 1 aromatic rings. The van der Waals surface area contributed by atoms with Gasteiger partial charge in [-0.1, -0.05) is 13.8 Å². The van der Waals surface area contributed by atoms with E-state index in [4.69, 9.17) is 5.11 Å². The Morgan fingerprint density at radius 2 is 2.24 bits per heavy atom. The number of carboxylic acid groups (broad SMARTS) is 1. The van der Waals surface area contributed by atoms with E-state index in [1.54, 1.807) is 0 Å². The largest absolute Gasteiger partial charge is 0.480 e. The molecule has 1 aromatic heterocycles. The van der Waals surface area contributed by atoms with Gasteiger partial charge in [0.05, 0.1) is 11.2 Å². The van der Waals surface area contributed by atoms with Crippen molar-refractivity contribution in [2.24, 2.45) is 0 Å². The van der Waals surface area contributed by atoms with Gasteiger partial charge >= 0.3 is 5.97 Å². The Morgan fingerprint density at radius 1 is 1.59 bits per heavy atom. The Bertz CT molecular complexity index is 419. The maximum Gasteiger partial charge on any atom is 0.328 e. The number of amides is 1. The van der Waals surface area contributed by atoms with Crippen LogP contribution < -0.4 is 5.32 Å². The van der Waals surface area contributed by atoms with Crippen molar-refractivity contribution in [1.29, 1.82) is 0 Å². The van der Waals surface area contributed by atoms with Gasteiger partial charge in [0.15, 0.2) is 6.04 Å². The molecule has 0 aliphatic heterocycles. The molecule has 1 atom stereocenters. The number of nitrogens with one attached hydrogen (secondary N) is 1. The molecule has 1 heterocycles. The number of carbonyl (C=O) groups is 2. The van der Waals surface area contributed by atoms with Gasteiger partial charge in [-0.25, -0.2) is 14.2 Å². The maximum atomic E-state index is 12.3. The molecule has 2 N–H and O–H groups in total. The summed E-state index contributed by atoms with van der Waals surface area (Å²) < 4.78 is 12.3. The summed E-state index contributed by atoms with van der Waals surface area (Å²) in [4.78, 5) is 26.4. The first-order valence-corrected chi connectivity index (χ1v) is 5.82. The third kappa shape index (κ3) is 3.48. The van der Waals surface area contributed by atoms with E-state index in [1.165, 1.54) is 17.5 Å². The highest BCUT2D eigenvalue weighted by molar-refractivity contribution is 7.13. The van der Waals surface area contributed by atoms with Crippen molar-refractivity contribution < 1.29 is 19.1 Å². The second kappa shape index (κ2) is 5.72. The summed E-state index contributed by atoms with van der Waals surface area (Å²) in [5.74, 6) is -1.81. The van der Waals surface area contributed by atoms with E-state index >= 15 is 0 Å². The van der Waals surface area contributed by atoms with Gasteiger partial charge < -0.3 is 10.4 Å². The normalized spacial score (nSPS) is 12.5. The summed E-state index contributed by atoms with van der Waals surface area (Å²) >= 11 is 1.17. The predicted molar refractivity (Wildman–Crippen MR) is 61.1 cm³/mol. The van der Waals surface area contributed by atoms with Crippen molar-refractivity contribution in [3.8, 4) is 0 Å². The number of carbonyl (C=O) groups excluding carboxylic acids is 1. The number of hydrogen-bond acceptors (Lipinski definition) is 4. The molecule has 17 heavy (non-hydrogen) atoms. The van der Waals surface area contributed by atoms with E-state index in [9.17, 15) is 14.0 Å². The molecule has 0 saturated heterocycles. The Kier molecular flexibility index (Phi) is 4.56. The molecular weight excluding hydrogens is 247 g/mol. The predicted octanol–water partition coefficient (Wildman–Crippen LogP) is 1.42. The van der Waals surface area contributed by atoms with Crippen LogP contribution in [0.1, 0.15) is 34.4 Å². The van der Waals surface area contributed by atoms with E-state index in [0.717, 1.165) is 5.01 Å². The number of hydrogen-bond donors (Lipinski definition) is 2. The van der Waals surface area contributed by atoms with Gasteiger partial charge in [-0.3, -0.25) is 4.79 Å². The lowest BCUT2D eigenvalue weighted by Crippen LogP contribution is -2.42. The Labute approximate surface area is 102 Å². The smallest absolute Gasteiger partial charge is 0.328 e. The maximum absolute atomic E-state index is 12.3. The third-order valence-corrected chi connectivity index (χ3v) is 3.30. The molecule has 1 unspecified atom stereocenters. The molecule has 0 fully saturated rings. The number of thiazole rings is 1. The molecule has 94 valence electrons. The van der Waals surface area contributed by atoms with Crippen molar-refractivity contribution in [2.45, 2.75) is 25.8 Å². The number of nitrogens with zero attached hydrogens (tertiary/aromatic N) is 1. The zero-order valence-electron chi connectivity index (χ0n) is 9.44. The summed E-state index contributed by atoms with van der Waals surface area (Å²) in [5.41, 5.74) is 0. The first-order valence-electron chi connectivity index (χ1n) is 5.01. The zero-order valence-corrected chi connectivity index (χ0v) is 10.3. The number of aliphatic carboxylic acids is 1. The molecule has 0 aliphatic carbocycles. The number of halogens is 1. The number of alkyl halides is 1. The van der Waals surface area contributed by atoms with Gasteiger partial charge in [-0.2, -0.15) is 0 Å². The van der Waals surface area contributed by atoms with Crippen molar-refractivity contribution in [3.63, 3.8) is 0 Å². The molecule has 0 spiro atoms. The minimum Gasteiger partial charge on any atom is -0.480 e. The molecule has 0 saturated carbocycles.